The van der Waals surface area contributed by atoms with Crippen LogP contribution in [0.25, 0.3) is 11.3 Å². The van der Waals surface area contributed by atoms with E-state index in [0.717, 1.165) is 0 Å². The van der Waals surface area contributed by atoms with E-state index in [-0.39, 0.29) is 11.3 Å². The van der Waals surface area contributed by atoms with Gasteiger partial charge in [-0.2, -0.15) is 4.31 Å². The summed E-state index contributed by atoms with van der Waals surface area (Å²) in [6, 6.07) is 6.97. The second-order valence-electron chi connectivity index (χ2n) is 7.21. The molecule has 1 spiro atoms. The number of nitrogens with zero attached hydrogens (tertiary/aromatic N) is 2. The van der Waals surface area contributed by atoms with Crippen LogP contribution in [-0.4, -0.2) is 43.4 Å². The van der Waals surface area contributed by atoms with Gasteiger partial charge in [0.1, 0.15) is 0 Å². The molecule has 0 atom stereocenters. The summed E-state index contributed by atoms with van der Waals surface area (Å²) < 4.78 is 33.1. The van der Waals surface area contributed by atoms with Crippen molar-refractivity contribution in [1.29, 1.82) is 0 Å². The van der Waals surface area contributed by atoms with Crippen molar-refractivity contribution in [3.8, 4) is 11.3 Å². The maximum atomic E-state index is 13.2. The molecular weight excluding hydrogens is 354 g/mol. The molecule has 2 aromatic rings. The lowest BCUT2D eigenvalue weighted by Crippen LogP contribution is -2.44. The Morgan fingerprint density at radius 3 is 2.62 bits per heavy atom. The van der Waals surface area contributed by atoms with E-state index in [9.17, 15) is 13.2 Å². The molecule has 7 nitrogen and oxygen atoms in total. The Labute approximate surface area is 152 Å². The Balaban J connectivity index is 1.59. The van der Waals surface area contributed by atoms with Crippen molar-refractivity contribution < 1.29 is 17.7 Å². The molecular formula is C18H21N3O4S. The Morgan fingerprint density at radius 1 is 1.23 bits per heavy atom. The van der Waals surface area contributed by atoms with Crippen LogP contribution in [0.2, 0.25) is 0 Å². The summed E-state index contributed by atoms with van der Waals surface area (Å²) >= 11 is 0. The molecule has 2 aliphatic rings. The highest BCUT2D eigenvalue weighted by Gasteiger charge is 2.43. The zero-order chi connectivity index (χ0) is 18.4. The topological polar surface area (TPSA) is 92.5 Å². The zero-order valence-corrected chi connectivity index (χ0v) is 15.4. The van der Waals surface area contributed by atoms with E-state index in [0.29, 0.717) is 60.7 Å². The molecule has 26 heavy (non-hydrogen) atoms. The number of aryl methyl sites for hydroxylation is 1. The number of piperidine rings is 1. The van der Waals surface area contributed by atoms with Gasteiger partial charge in [-0.25, -0.2) is 8.42 Å². The van der Waals surface area contributed by atoms with Crippen LogP contribution in [0, 0.1) is 12.3 Å². The number of rotatable bonds is 3. The van der Waals surface area contributed by atoms with Crippen molar-refractivity contribution in [2.75, 3.05) is 19.6 Å². The highest BCUT2D eigenvalue weighted by Crippen LogP contribution is 2.39. The largest absolute Gasteiger partial charge is 0.356 e. The first-order chi connectivity index (χ1) is 12.4. The molecule has 1 aromatic carbocycles. The van der Waals surface area contributed by atoms with Crippen LogP contribution in [0.15, 0.2) is 39.9 Å². The SMILES string of the molecule is Cc1ccc(-c2ccno2)cc1S(=O)(=O)N1CCC2(CC1)CNC(=O)C2. The third kappa shape index (κ3) is 2.93. The molecule has 0 aliphatic carbocycles. The number of benzene rings is 1. The van der Waals surface area contributed by atoms with Gasteiger partial charge in [-0.05, 0) is 36.8 Å². The van der Waals surface area contributed by atoms with E-state index in [1.54, 1.807) is 25.1 Å². The van der Waals surface area contributed by atoms with Crippen LogP contribution < -0.4 is 5.32 Å². The average Bonchev–Trinajstić information content (AvgIpc) is 3.26. The van der Waals surface area contributed by atoms with Crippen LogP contribution in [0.3, 0.4) is 0 Å². The predicted octanol–water partition coefficient (Wildman–Crippen LogP) is 1.94. The van der Waals surface area contributed by atoms with Gasteiger partial charge in [0.2, 0.25) is 15.9 Å². The van der Waals surface area contributed by atoms with Crippen LogP contribution in [0.1, 0.15) is 24.8 Å². The number of sulfonamides is 1. The van der Waals surface area contributed by atoms with Crippen molar-refractivity contribution in [2.24, 2.45) is 5.41 Å². The minimum atomic E-state index is -3.60. The second-order valence-corrected chi connectivity index (χ2v) is 9.12. The van der Waals surface area contributed by atoms with Gasteiger partial charge < -0.3 is 9.84 Å². The smallest absolute Gasteiger partial charge is 0.243 e. The fraction of sp³-hybridized carbons (Fsp3) is 0.444. The van der Waals surface area contributed by atoms with E-state index in [1.807, 2.05) is 6.07 Å². The first kappa shape index (κ1) is 17.2. The van der Waals surface area contributed by atoms with Gasteiger partial charge in [-0.1, -0.05) is 17.3 Å². The van der Waals surface area contributed by atoms with Crippen LogP contribution in [0.4, 0.5) is 0 Å². The maximum Gasteiger partial charge on any atom is 0.243 e. The summed E-state index contributed by atoms with van der Waals surface area (Å²) in [4.78, 5) is 11.8. The Bertz CT molecular complexity index is 929. The Hall–Kier alpha value is -2.19. The molecule has 0 saturated carbocycles. The lowest BCUT2D eigenvalue weighted by Gasteiger charge is -2.37. The maximum absolute atomic E-state index is 13.2. The van der Waals surface area contributed by atoms with E-state index in [1.165, 1.54) is 10.5 Å². The third-order valence-corrected chi connectivity index (χ3v) is 7.55. The van der Waals surface area contributed by atoms with Gasteiger partial charge in [-0.15, -0.1) is 0 Å². The van der Waals surface area contributed by atoms with Crippen molar-refractivity contribution in [3.05, 3.63) is 36.0 Å². The minimum absolute atomic E-state index is 0.0666. The second kappa shape index (κ2) is 6.21. The fourth-order valence-electron chi connectivity index (χ4n) is 3.84. The van der Waals surface area contributed by atoms with Gasteiger partial charge in [0, 0.05) is 37.7 Å². The van der Waals surface area contributed by atoms with Crippen molar-refractivity contribution in [2.45, 2.75) is 31.1 Å². The molecule has 0 unspecified atom stereocenters. The summed E-state index contributed by atoms with van der Waals surface area (Å²) in [6.07, 6.45) is 3.43. The molecule has 1 amide bonds. The molecule has 0 bridgehead atoms. The van der Waals surface area contributed by atoms with Crippen molar-refractivity contribution in [1.82, 2.24) is 14.8 Å². The standard InChI is InChI=1S/C18H21N3O4S/c1-13-2-3-14(15-4-7-20-25-15)10-16(13)26(23,24)21-8-5-18(6-9-21)11-17(22)19-12-18/h2-4,7,10H,5-6,8-9,11-12H2,1H3,(H,19,22). The summed E-state index contributed by atoms with van der Waals surface area (Å²) in [7, 11) is -3.60. The number of amides is 1. The normalized spacial score (nSPS) is 20.4. The van der Waals surface area contributed by atoms with E-state index in [4.69, 9.17) is 4.52 Å². The number of aromatic nitrogens is 1. The molecule has 2 saturated heterocycles. The molecule has 1 aromatic heterocycles. The van der Waals surface area contributed by atoms with Crippen molar-refractivity contribution in [3.63, 3.8) is 0 Å². The summed E-state index contributed by atoms with van der Waals surface area (Å²) in [5.74, 6) is 0.603. The molecule has 138 valence electrons. The van der Waals surface area contributed by atoms with Gasteiger partial charge in [-0.3, -0.25) is 4.79 Å². The van der Waals surface area contributed by atoms with Gasteiger partial charge in [0.05, 0.1) is 11.1 Å². The van der Waals surface area contributed by atoms with E-state index in [2.05, 4.69) is 10.5 Å². The summed E-state index contributed by atoms with van der Waals surface area (Å²) in [5, 5.41) is 6.56. The number of carbonyl (C=O) groups excluding carboxylic acids is 1. The van der Waals surface area contributed by atoms with E-state index >= 15 is 0 Å². The van der Waals surface area contributed by atoms with E-state index < -0.39 is 10.0 Å². The number of carbonyl (C=O) groups is 1. The lowest BCUT2D eigenvalue weighted by atomic mass is 9.78. The zero-order valence-electron chi connectivity index (χ0n) is 14.6. The Morgan fingerprint density at radius 2 is 2.00 bits per heavy atom. The van der Waals surface area contributed by atoms with Crippen LogP contribution in [0.5, 0.6) is 0 Å². The average molecular weight is 375 g/mol. The number of hydrogen-bond acceptors (Lipinski definition) is 5. The monoisotopic (exact) mass is 375 g/mol. The molecule has 2 aliphatic heterocycles. The molecule has 8 heteroatoms. The first-order valence-corrected chi connectivity index (χ1v) is 10.1. The predicted molar refractivity (Wildman–Crippen MR) is 94.7 cm³/mol. The quantitative estimate of drug-likeness (QED) is 0.885. The lowest BCUT2D eigenvalue weighted by molar-refractivity contribution is -0.119. The van der Waals surface area contributed by atoms with Gasteiger partial charge >= 0.3 is 0 Å². The highest BCUT2D eigenvalue weighted by molar-refractivity contribution is 7.89. The van der Waals surface area contributed by atoms with Gasteiger partial charge in [0.15, 0.2) is 5.76 Å². The number of hydrogen-bond donors (Lipinski definition) is 1. The fourth-order valence-corrected chi connectivity index (χ4v) is 5.53. The summed E-state index contributed by atoms with van der Waals surface area (Å²) in [6.45, 7) is 3.31. The number of nitrogens with one attached hydrogen (secondary N) is 1. The first-order valence-electron chi connectivity index (χ1n) is 8.68. The van der Waals surface area contributed by atoms with Crippen LogP contribution in [-0.2, 0) is 14.8 Å². The Kier molecular flexibility index (Phi) is 4.11. The van der Waals surface area contributed by atoms with Gasteiger partial charge in [0.25, 0.3) is 0 Å². The van der Waals surface area contributed by atoms with Crippen LogP contribution >= 0.6 is 0 Å². The molecule has 1 N–H and O–H groups in total. The van der Waals surface area contributed by atoms with Crippen molar-refractivity contribution >= 4 is 15.9 Å². The third-order valence-electron chi connectivity index (χ3n) is 5.51. The summed E-state index contributed by atoms with van der Waals surface area (Å²) in [5.41, 5.74) is 1.30. The molecule has 3 heterocycles. The highest BCUT2D eigenvalue weighted by atomic mass is 32.2. The molecule has 2 fully saturated rings. The minimum Gasteiger partial charge on any atom is -0.356 e. The molecule has 4 rings (SSSR count). The molecule has 0 radical (unpaired) electrons.